The van der Waals surface area contributed by atoms with Gasteiger partial charge in [0.15, 0.2) is 0 Å². The molecule has 0 aromatic heterocycles. The number of nitrogens with one attached hydrogen (secondary N) is 1. The van der Waals surface area contributed by atoms with Crippen LogP contribution in [0.25, 0.3) is 11.1 Å². The average Bonchev–Trinajstić information content (AvgIpc) is 3.56. The van der Waals surface area contributed by atoms with E-state index in [0.29, 0.717) is 32.7 Å². The summed E-state index contributed by atoms with van der Waals surface area (Å²) < 4.78 is 5.57. The number of aliphatic carboxylic acids is 1. The van der Waals surface area contributed by atoms with E-state index in [-0.39, 0.29) is 36.8 Å². The van der Waals surface area contributed by atoms with Crippen LogP contribution >= 0.6 is 0 Å². The number of rotatable bonds is 7. The lowest BCUT2D eigenvalue weighted by molar-refractivity contribution is -0.139. The predicted molar refractivity (Wildman–Crippen MR) is 125 cm³/mol. The van der Waals surface area contributed by atoms with Gasteiger partial charge < -0.3 is 20.1 Å². The molecule has 8 heteroatoms. The Balaban J connectivity index is 1.07. The second-order valence-corrected chi connectivity index (χ2v) is 9.30. The zero-order valence-corrected chi connectivity index (χ0v) is 19.0. The van der Waals surface area contributed by atoms with Crippen molar-refractivity contribution in [1.82, 2.24) is 15.1 Å². The summed E-state index contributed by atoms with van der Waals surface area (Å²) in [6.45, 7) is 2.96. The monoisotopic (exact) mass is 463 g/mol. The number of carbonyl (C=O) groups excluding carboxylic acids is 2. The molecule has 0 bridgehead atoms. The van der Waals surface area contributed by atoms with Crippen molar-refractivity contribution in [3.63, 3.8) is 0 Å². The van der Waals surface area contributed by atoms with E-state index in [0.717, 1.165) is 6.42 Å². The van der Waals surface area contributed by atoms with Gasteiger partial charge in [0.25, 0.3) is 0 Å². The number of alkyl carbamates (subject to hydrolysis) is 1. The van der Waals surface area contributed by atoms with Crippen molar-refractivity contribution >= 4 is 18.0 Å². The minimum Gasteiger partial charge on any atom is -0.480 e. The molecule has 1 saturated heterocycles. The van der Waals surface area contributed by atoms with Crippen LogP contribution in [0.5, 0.6) is 0 Å². The van der Waals surface area contributed by atoms with E-state index in [4.69, 9.17) is 9.84 Å². The highest BCUT2D eigenvalue weighted by Crippen LogP contribution is 2.44. The lowest BCUT2D eigenvalue weighted by atomic mass is 9.98. The number of hydrogen-bond donors (Lipinski definition) is 2. The number of hydrogen-bond acceptors (Lipinski definition) is 5. The van der Waals surface area contributed by atoms with Crippen molar-refractivity contribution in [1.29, 1.82) is 0 Å². The van der Waals surface area contributed by atoms with Gasteiger partial charge in [-0.25, -0.2) is 4.79 Å². The highest BCUT2D eigenvalue weighted by Gasteiger charge is 2.45. The number of carbonyl (C=O) groups is 3. The number of carboxylic acids is 1. The normalized spacial score (nSPS) is 21.5. The first-order valence-electron chi connectivity index (χ1n) is 11.8. The minimum atomic E-state index is -0.846. The van der Waals surface area contributed by atoms with E-state index < -0.39 is 12.1 Å². The van der Waals surface area contributed by atoms with Crippen molar-refractivity contribution in [3.05, 3.63) is 59.7 Å². The standard InChI is InChI=1S/C26H29N3O5/c30-24(31)15-28-9-11-29(12-10-28)25(32)22-13-17(22)14-27-26(33)34-16-23-20-7-3-1-5-18(20)19-6-2-4-8-21(19)23/h1-8,17,22-23H,9-16H2,(H,27,33)(H,30,31). The van der Waals surface area contributed by atoms with Crippen molar-refractivity contribution in [2.24, 2.45) is 11.8 Å². The van der Waals surface area contributed by atoms with Crippen molar-refractivity contribution < 1.29 is 24.2 Å². The third kappa shape index (κ3) is 4.63. The number of piperazine rings is 1. The van der Waals surface area contributed by atoms with Crippen LogP contribution in [0.4, 0.5) is 4.79 Å². The van der Waals surface area contributed by atoms with Crippen LogP contribution in [0.3, 0.4) is 0 Å². The van der Waals surface area contributed by atoms with Gasteiger partial charge in [0.1, 0.15) is 6.61 Å². The van der Waals surface area contributed by atoms with Crippen LogP contribution in [0.15, 0.2) is 48.5 Å². The van der Waals surface area contributed by atoms with Gasteiger partial charge in [0, 0.05) is 44.6 Å². The second kappa shape index (κ2) is 9.46. The van der Waals surface area contributed by atoms with Gasteiger partial charge in [-0.05, 0) is 34.6 Å². The molecule has 3 aliphatic rings. The third-order valence-corrected chi connectivity index (χ3v) is 7.13. The maximum Gasteiger partial charge on any atom is 0.407 e. The molecule has 178 valence electrons. The van der Waals surface area contributed by atoms with E-state index >= 15 is 0 Å². The number of ether oxygens (including phenoxy) is 1. The molecule has 0 radical (unpaired) electrons. The summed E-state index contributed by atoms with van der Waals surface area (Å²) >= 11 is 0. The smallest absolute Gasteiger partial charge is 0.407 e. The van der Waals surface area contributed by atoms with Gasteiger partial charge in [0.05, 0.1) is 6.54 Å². The number of amides is 2. The molecule has 2 unspecified atom stereocenters. The maximum atomic E-state index is 12.7. The SMILES string of the molecule is O=C(O)CN1CCN(C(=O)C2CC2CNC(=O)OCC2c3ccccc3-c3ccccc32)CC1. The predicted octanol–water partition coefficient (Wildman–Crippen LogP) is 2.39. The van der Waals surface area contributed by atoms with E-state index in [2.05, 4.69) is 29.6 Å². The summed E-state index contributed by atoms with van der Waals surface area (Å²) in [5.74, 6) is -0.659. The fourth-order valence-corrected chi connectivity index (χ4v) is 5.19. The summed E-state index contributed by atoms with van der Waals surface area (Å²) in [5, 5.41) is 11.7. The molecule has 2 N–H and O–H groups in total. The van der Waals surface area contributed by atoms with Crippen molar-refractivity contribution in [3.8, 4) is 11.1 Å². The fourth-order valence-electron chi connectivity index (χ4n) is 5.19. The van der Waals surface area contributed by atoms with Crippen LogP contribution < -0.4 is 5.32 Å². The quantitative estimate of drug-likeness (QED) is 0.654. The van der Waals surface area contributed by atoms with Crippen LogP contribution in [0, 0.1) is 11.8 Å². The third-order valence-electron chi connectivity index (χ3n) is 7.13. The molecule has 2 atom stereocenters. The van der Waals surface area contributed by atoms with Gasteiger partial charge in [-0.3, -0.25) is 14.5 Å². The second-order valence-electron chi connectivity index (χ2n) is 9.30. The van der Waals surface area contributed by atoms with E-state index in [1.54, 1.807) is 0 Å². The summed E-state index contributed by atoms with van der Waals surface area (Å²) in [6, 6.07) is 16.4. The zero-order chi connectivity index (χ0) is 23.7. The molecule has 2 amide bonds. The Bertz CT molecular complexity index is 1050. The molecule has 1 aliphatic heterocycles. The Morgan fingerprint density at radius 1 is 0.941 bits per heavy atom. The summed E-state index contributed by atoms with van der Waals surface area (Å²) in [7, 11) is 0. The fraction of sp³-hybridized carbons (Fsp3) is 0.423. The van der Waals surface area contributed by atoms with Gasteiger partial charge in [-0.1, -0.05) is 48.5 Å². The molecule has 2 aromatic carbocycles. The Kier molecular flexibility index (Phi) is 6.24. The Morgan fingerprint density at radius 3 is 2.18 bits per heavy atom. The minimum absolute atomic E-state index is 0.0120. The van der Waals surface area contributed by atoms with Gasteiger partial charge in [-0.2, -0.15) is 0 Å². The van der Waals surface area contributed by atoms with Gasteiger partial charge in [-0.15, -0.1) is 0 Å². The van der Waals surface area contributed by atoms with E-state index in [1.807, 2.05) is 34.1 Å². The molecule has 2 fully saturated rings. The summed E-state index contributed by atoms with van der Waals surface area (Å²) in [6.07, 6.45) is 0.305. The zero-order valence-electron chi connectivity index (χ0n) is 19.0. The first-order chi connectivity index (χ1) is 16.5. The number of fused-ring (bicyclic) bond motifs is 3. The molecule has 34 heavy (non-hydrogen) atoms. The topological polar surface area (TPSA) is 99.2 Å². The summed E-state index contributed by atoms with van der Waals surface area (Å²) in [5.41, 5.74) is 4.73. The lowest BCUT2D eigenvalue weighted by Gasteiger charge is -2.34. The largest absolute Gasteiger partial charge is 0.480 e. The number of carboxylic acid groups (broad SMARTS) is 1. The highest BCUT2D eigenvalue weighted by molar-refractivity contribution is 5.82. The molecule has 2 aromatic rings. The molecule has 0 spiro atoms. The molecular formula is C26H29N3O5. The van der Waals surface area contributed by atoms with E-state index in [9.17, 15) is 14.4 Å². The first kappa shape index (κ1) is 22.4. The lowest BCUT2D eigenvalue weighted by Crippen LogP contribution is -2.50. The maximum absolute atomic E-state index is 12.7. The van der Waals surface area contributed by atoms with Gasteiger partial charge in [0.2, 0.25) is 5.91 Å². The summed E-state index contributed by atoms with van der Waals surface area (Å²) in [4.78, 5) is 39.6. The van der Waals surface area contributed by atoms with Crippen LogP contribution in [0.1, 0.15) is 23.5 Å². The molecule has 1 heterocycles. The Labute approximate surface area is 198 Å². The molecule has 5 rings (SSSR count). The first-order valence-corrected chi connectivity index (χ1v) is 11.8. The molecule has 2 aliphatic carbocycles. The van der Waals surface area contributed by atoms with E-state index in [1.165, 1.54) is 22.3 Å². The average molecular weight is 464 g/mol. The molecule has 8 nitrogen and oxygen atoms in total. The Morgan fingerprint density at radius 2 is 1.56 bits per heavy atom. The molecule has 1 saturated carbocycles. The number of benzene rings is 2. The van der Waals surface area contributed by atoms with Crippen LogP contribution in [0.2, 0.25) is 0 Å². The van der Waals surface area contributed by atoms with Crippen molar-refractivity contribution in [2.75, 3.05) is 45.9 Å². The van der Waals surface area contributed by atoms with Gasteiger partial charge >= 0.3 is 12.1 Å². The van der Waals surface area contributed by atoms with Crippen molar-refractivity contribution in [2.45, 2.75) is 12.3 Å². The number of nitrogens with zero attached hydrogens (tertiary/aromatic N) is 2. The molecular weight excluding hydrogens is 434 g/mol. The highest BCUT2D eigenvalue weighted by atomic mass is 16.5. The van der Waals surface area contributed by atoms with Crippen LogP contribution in [-0.4, -0.2) is 78.8 Å². The Hall–Kier alpha value is -3.39. The van der Waals surface area contributed by atoms with Crippen LogP contribution in [-0.2, 0) is 14.3 Å².